The van der Waals surface area contributed by atoms with Crippen LogP contribution >= 0.6 is 11.6 Å². The van der Waals surface area contributed by atoms with Crippen molar-refractivity contribution in [1.82, 2.24) is 0 Å². The van der Waals surface area contributed by atoms with Gasteiger partial charge in [0.2, 0.25) is 0 Å². The highest BCUT2D eigenvalue weighted by Crippen LogP contribution is 2.42. The van der Waals surface area contributed by atoms with Crippen molar-refractivity contribution < 1.29 is 9.47 Å². The van der Waals surface area contributed by atoms with Gasteiger partial charge in [-0.2, -0.15) is 0 Å². The first-order valence-electron chi connectivity index (χ1n) is 6.94. The van der Waals surface area contributed by atoms with Gasteiger partial charge in [0, 0.05) is 29.1 Å². The Kier molecular flexibility index (Phi) is 3.79. The molecule has 1 heterocycles. The van der Waals surface area contributed by atoms with Gasteiger partial charge in [-0.1, -0.05) is 23.7 Å². The van der Waals surface area contributed by atoms with Crippen molar-refractivity contribution in [3.8, 4) is 11.5 Å². The highest BCUT2D eigenvalue weighted by molar-refractivity contribution is 6.30. The molecule has 2 aromatic carbocycles. The Morgan fingerprint density at radius 2 is 1.95 bits per heavy atom. The van der Waals surface area contributed by atoms with Crippen molar-refractivity contribution in [1.29, 1.82) is 0 Å². The summed E-state index contributed by atoms with van der Waals surface area (Å²) in [6.07, 6.45) is 0.693. The van der Waals surface area contributed by atoms with E-state index in [0.29, 0.717) is 0 Å². The minimum atomic E-state index is -0.0585. The number of benzene rings is 2. The Balaban J connectivity index is 1.96. The average molecular weight is 304 g/mol. The van der Waals surface area contributed by atoms with E-state index in [1.807, 2.05) is 43.3 Å². The molecule has 0 amide bonds. The van der Waals surface area contributed by atoms with Crippen molar-refractivity contribution in [2.75, 3.05) is 7.11 Å². The number of fused-ring (bicyclic) bond motifs is 1. The van der Waals surface area contributed by atoms with E-state index in [9.17, 15) is 0 Å². The fourth-order valence-corrected chi connectivity index (χ4v) is 3.03. The van der Waals surface area contributed by atoms with Gasteiger partial charge in [-0.05, 0) is 36.2 Å². The minimum Gasteiger partial charge on any atom is -0.497 e. The molecule has 0 saturated carbocycles. The van der Waals surface area contributed by atoms with E-state index < -0.39 is 0 Å². The van der Waals surface area contributed by atoms with Crippen molar-refractivity contribution >= 4 is 11.6 Å². The normalized spacial score (nSPS) is 20.6. The zero-order valence-electron chi connectivity index (χ0n) is 12.1. The van der Waals surface area contributed by atoms with Crippen molar-refractivity contribution in [3.63, 3.8) is 0 Å². The highest BCUT2D eigenvalue weighted by atomic mass is 35.5. The molecule has 1 aliphatic rings. The number of nitrogens with two attached hydrogens (primary N) is 1. The van der Waals surface area contributed by atoms with E-state index in [4.69, 9.17) is 26.8 Å². The summed E-state index contributed by atoms with van der Waals surface area (Å²) >= 11 is 6.02. The largest absolute Gasteiger partial charge is 0.497 e. The standard InChI is InChI=1S/C17H18ClNO2/c1-10-7-11(18)3-5-13(10)17-9-15(19)14-6-4-12(20-2)8-16(14)21-17/h3-8,15,17H,9,19H2,1-2H3. The maximum Gasteiger partial charge on any atom is 0.128 e. The van der Waals surface area contributed by atoms with E-state index in [0.717, 1.165) is 39.6 Å². The number of aryl methyl sites for hydroxylation is 1. The number of halogens is 1. The average Bonchev–Trinajstić information content (AvgIpc) is 2.46. The van der Waals surface area contributed by atoms with Crippen molar-refractivity contribution in [3.05, 3.63) is 58.1 Å². The van der Waals surface area contributed by atoms with Gasteiger partial charge in [-0.3, -0.25) is 0 Å². The molecular weight excluding hydrogens is 286 g/mol. The lowest BCUT2D eigenvalue weighted by Gasteiger charge is -2.31. The van der Waals surface area contributed by atoms with Crippen molar-refractivity contribution in [2.24, 2.45) is 5.73 Å². The molecule has 2 N–H and O–H groups in total. The number of hydrogen-bond acceptors (Lipinski definition) is 3. The first-order valence-corrected chi connectivity index (χ1v) is 7.32. The minimum absolute atomic E-state index is 0.0419. The van der Waals surface area contributed by atoms with Gasteiger partial charge >= 0.3 is 0 Å². The van der Waals surface area contributed by atoms with Crippen LogP contribution in [0.15, 0.2) is 36.4 Å². The van der Waals surface area contributed by atoms with Crippen LogP contribution in [-0.4, -0.2) is 7.11 Å². The van der Waals surface area contributed by atoms with Gasteiger partial charge in [0.25, 0.3) is 0 Å². The molecule has 3 rings (SSSR count). The third kappa shape index (κ3) is 2.71. The zero-order chi connectivity index (χ0) is 15.0. The molecule has 0 bridgehead atoms. The molecule has 2 atom stereocenters. The van der Waals surface area contributed by atoms with E-state index in [-0.39, 0.29) is 12.1 Å². The summed E-state index contributed by atoms with van der Waals surface area (Å²) in [6.45, 7) is 2.04. The number of methoxy groups -OCH3 is 1. The summed E-state index contributed by atoms with van der Waals surface area (Å²) in [7, 11) is 1.64. The van der Waals surface area contributed by atoms with Crippen LogP contribution in [0.4, 0.5) is 0 Å². The number of rotatable bonds is 2. The topological polar surface area (TPSA) is 44.5 Å². The fraction of sp³-hybridized carbons (Fsp3) is 0.294. The molecule has 2 aromatic rings. The molecule has 0 saturated heterocycles. The van der Waals surface area contributed by atoms with E-state index in [1.54, 1.807) is 7.11 Å². The molecule has 1 aliphatic heterocycles. The van der Waals surface area contributed by atoms with E-state index in [1.165, 1.54) is 0 Å². The predicted octanol–water partition coefficient (Wildman–Crippen LogP) is 4.18. The van der Waals surface area contributed by atoms with Gasteiger partial charge in [0.15, 0.2) is 0 Å². The second kappa shape index (κ2) is 5.58. The third-order valence-electron chi connectivity index (χ3n) is 3.94. The lowest BCUT2D eigenvalue weighted by molar-refractivity contribution is 0.160. The Bertz CT molecular complexity index is 672. The Morgan fingerprint density at radius 1 is 1.19 bits per heavy atom. The van der Waals surface area contributed by atoms with Gasteiger partial charge in [-0.15, -0.1) is 0 Å². The first kappa shape index (κ1) is 14.2. The summed E-state index contributed by atoms with van der Waals surface area (Å²) < 4.78 is 11.4. The molecule has 0 aliphatic carbocycles. The Hall–Kier alpha value is -1.71. The second-order valence-electron chi connectivity index (χ2n) is 5.35. The molecule has 2 unspecified atom stereocenters. The summed E-state index contributed by atoms with van der Waals surface area (Å²) in [6, 6.07) is 11.6. The first-order chi connectivity index (χ1) is 10.1. The Morgan fingerprint density at radius 3 is 2.67 bits per heavy atom. The summed E-state index contributed by atoms with van der Waals surface area (Å²) in [5.41, 5.74) is 9.57. The van der Waals surface area contributed by atoms with Crippen LogP contribution in [0.5, 0.6) is 11.5 Å². The molecular formula is C17H18ClNO2. The Labute approximate surface area is 129 Å². The summed E-state index contributed by atoms with van der Waals surface area (Å²) in [4.78, 5) is 0. The third-order valence-corrected chi connectivity index (χ3v) is 4.17. The fourth-order valence-electron chi connectivity index (χ4n) is 2.80. The lowest BCUT2D eigenvalue weighted by atomic mass is 9.91. The van der Waals surface area contributed by atoms with Crippen LogP contribution < -0.4 is 15.2 Å². The highest BCUT2D eigenvalue weighted by Gasteiger charge is 2.28. The van der Waals surface area contributed by atoms with Crippen LogP contribution in [-0.2, 0) is 0 Å². The molecule has 0 spiro atoms. The van der Waals surface area contributed by atoms with E-state index >= 15 is 0 Å². The smallest absolute Gasteiger partial charge is 0.128 e. The van der Waals surface area contributed by atoms with Crippen LogP contribution in [0.2, 0.25) is 5.02 Å². The number of ether oxygens (including phenoxy) is 2. The number of hydrogen-bond donors (Lipinski definition) is 1. The second-order valence-corrected chi connectivity index (χ2v) is 5.79. The summed E-state index contributed by atoms with van der Waals surface area (Å²) in [5, 5.41) is 0.735. The SMILES string of the molecule is COc1ccc2c(c1)OC(c1ccc(Cl)cc1C)CC2N. The van der Waals surface area contributed by atoms with Gasteiger partial charge < -0.3 is 15.2 Å². The van der Waals surface area contributed by atoms with Crippen LogP contribution in [0.25, 0.3) is 0 Å². The lowest BCUT2D eigenvalue weighted by Crippen LogP contribution is -2.24. The maximum absolute atomic E-state index is 6.30. The molecule has 0 fully saturated rings. The van der Waals surface area contributed by atoms with Gasteiger partial charge in [0.05, 0.1) is 7.11 Å². The summed E-state index contributed by atoms with van der Waals surface area (Å²) in [5.74, 6) is 1.57. The molecule has 21 heavy (non-hydrogen) atoms. The van der Waals surface area contributed by atoms with Crippen LogP contribution in [0.1, 0.15) is 35.3 Å². The molecule has 3 nitrogen and oxygen atoms in total. The zero-order valence-corrected chi connectivity index (χ0v) is 12.9. The monoisotopic (exact) mass is 303 g/mol. The van der Waals surface area contributed by atoms with Gasteiger partial charge in [-0.25, -0.2) is 0 Å². The predicted molar refractivity (Wildman–Crippen MR) is 84.1 cm³/mol. The molecule has 0 aromatic heterocycles. The maximum atomic E-state index is 6.30. The van der Waals surface area contributed by atoms with Crippen LogP contribution in [0.3, 0.4) is 0 Å². The van der Waals surface area contributed by atoms with E-state index in [2.05, 4.69) is 0 Å². The quantitative estimate of drug-likeness (QED) is 0.905. The molecule has 110 valence electrons. The van der Waals surface area contributed by atoms with Crippen LogP contribution in [0, 0.1) is 6.92 Å². The molecule has 0 radical (unpaired) electrons. The molecule has 4 heteroatoms. The van der Waals surface area contributed by atoms with Crippen molar-refractivity contribution in [2.45, 2.75) is 25.5 Å². The van der Waals surface area contributed by atoms with Gasteiger partial charge in [0.1, 0.15) is 17.6 Å².